The Morgan fingerprint density at radius 3 is 1.90 bits per heavy atom. The molecular formula is C21H25F3N4O2. The molecule has 0 radical (unpaired) electrons. The molecule has 0 spiro atoms. The predicted molar refractivity (Wildman–Crippen MR) is 109 cm³/mol. The second-order valence-corrected chi connectivity index (χ2v) is 6.72. The van der Waals surface area contributed by atoms with Crippen molar-refractivity contribution < 1.29 is 22.7 Å². The molecule has 0 aromatic heterocycles. The van der Waals surface area contributed by atoms with Crippen LogP contribution in [0.5, 0.6) is 5.75 Å². The Bertz CT molecular complexity index is 848. The summed E-state index contributed by atoms with van der Waals surface area (Å²) in [6, 6.07) is 13.7. The normalized spacial score (nSPS) is 11.7. The number of halogens is 3. The predicted octanol–water partition coefficient (Wildman–Crippen LogP) is 3.19. The lowest BCUT2D eigenvalue weighted by molar-refractivity contribution is -0.153. The van der Waals surface area contributed by atoms with E-state index in [1.54, 1.807) is 45.4 Å². The van der Waals surface area contributed by atoms with Gasteiger partial charge in [0.05, 0.1) is 0 Å². The highest BCUT2D eigenvalue weighted by atomic mass is 19.4. The van der Waals surface area contributed by atoms with Crippen molar-refractivity contribution in [3.63, 3.8) is 0 Å². The van der Waals surface area contributed by atoms with Crippen LogP contribution in [0, 0.1) is 0 Å². The number of ether oxygens (including phenoxy) is 1. The molecule has 30 heavy (non-hydrogen) atoms. The van der Waals surface area contributed by atoms with Crippen molar-refractivity contribution in [2.24, 2.45) is 4.99 Å². The van der Waals surface area contributed by atoms with E-state index < -0.39 is 12.8 Å². The molecule has 0 saturated heterocycles. The summed E-state index contributed by atoms with van der Waals surface area (Å²) in [5, 5.41) is 6.30. The molecule has 2 rings (SSSR count). The molecule has 0 bridgehead atoms. The summed E-state index contributed by atoms with van der Waals surface area (Å²) in [6.07, 6.45) is -4.36. The molecule has 0 fully saturated rings. The van der Waals surface area contributed by atoms with Crippen molar-refractivity contribution in [2.75, 3.05) is 27.7 Å². The molecule has 0 aliphatic heterocycles. The van der Waals surface area contributed by atoms with Crippen LogP contribution in [0.3, 0.4) is 0 Å². The van der Waals surface area contributed by atoms with Gasteiger partial charge in [0.15, 0.2) is 12.6 Å². The van der Waals surface area contributed by atoms with Crippen molar-refractivity contribution >= 4 is 11.9 Å². The van der Waals surface area contributed by atoms with Gasteiger partial charge in [0.2, 0.25) is 0 Å². The molecule has 162 valence electrons. The number of amides is 1. The van der Waals surface area contributed by atoms with Gasteiger partial charge in [-0.05, 0) is 35.4 Å². The van der Waals surface area contributed by atoms with Gasteiger partial charge < -0.3 is 20.3 Å². The van der Waals surface area contributed by atoms with Crippen LogP contribution < -0.4 is 15.4 Å². The monoisotopic (exact) mass is 422 g/mol. The van der Waals surface area contributed by atoms with Gasteiger partial charge in [0, 0.05) is 39.8 Å². The molecule has 6 nitrogen and oxygen atoms in total. The molecule has 0 saturated carbocycles. The average Bonchev–Trinajstić information content (AvgIpc) is 2.72. The molecule has 1 amide bonds. The number of hydrogen-bond donors (Lipinski definition) is 2. The lowest BCUT2D eigenvalue weighted by Crippen LogP contribution is -2.36. The van der Waals surface area contributed by atoms with Crippen molar-refractivity contribution in [3.05, 3.63) is 65.2 Å². The zero-order valence-electron chi connectivity index (χ0n) is 17.1. The number of guanidine groups is 1. The number of alkyl halides is 3. The van der Waals surface area contributed by atoms with Gasteiger partial charge in [-0.1, -0.05) is 24.3 Å². The van der Waals surface area contributed by atoms with Gasteiger partial charge in [-0.25, -0.2) is 0 Å². The molecular weight excluding hydrogens is 397 g/mol. The maximum absolute atomic E-state index is 12.2. The topological polar surface area (TPSA) is 66.0 Å². The number of rotatable bonds is 7. The van der Waals surface area contributed by atoms with Gasteiger partial charge >= 0.3 is 6.18 Å². The quantitative estimate of drug-likeness (QED) is 0.531. The number of carbonyl (C=O) groups excluding carboxylic acids is 1. The van der Waals surface area contributed by atoms with E-state index in [-0.39, 0.29) is 11.7 Å². The molecule has 0 unspecified atom stereocenters. The number of aliphatic imine (C=N–C) groups is 1. The van der Waals surface area contributed by atoms with E-state index in [1.165, 1.54) is 17.0 Å². The fraction of sp³-hybridized carbons (Fsp3) is 0.333. The highest BCUT2D eigenvalue weighted by Gasteiger charge is 2.28. The first-order valence-corrected chi connectivity index (χ1v) is 9.21. The summed E-state index contributed by atoms with van der Waals surface area (Å²) in [6.45, 7) is -0.360. The van der Waals surface area contributed by atoms with Crippen molar-refractivity contribution in [1.29, 1.82) is 0 Å². The van der Waals surface area contributed by atoms with Crippen LogP contribution in [-0.2, 0) is 13.1 Å². The van der Waals surface area contributed by atoms with E-state index in [0.717, 1.165) is 11.1 Å². The Balaban J connectivity index is 1.81. The van der Waals surface area contributed by atoms with Crippen LogP contribution >= 0.6 is 0 Å². The van der Waals surface area contributed by atoms with Gasteiger partial charge in [-0.2, -0.15) is 13.2 Å². The number of carbonyl (C=O) groups is 1. The standard InChI is InChI=1S/C21H25F3N4O2/c1-25-20(26-12-15-4-8-17(9-5-15)19(29)28(2)3)27-13-16-6-10-18(11-7-16)30-14-21(22,23)24/h4-11H,12-14H2,1-3H3,(H2,25,26,27). The van der Waals surface area contributed by atoms with Gasteiger partial charge in [0.1, 0.15) is 5.75 Å². The summed E-state index contributed by atoms with van der Waals surface area (Å²) >= 11 is 0. The summed E-state index contributed by atoms with van der Waals surface area (Å²) in [5.41, 5.74) is 2.47. The first-order chi connectivity index (χ1) is 14.2. The van der Waals surface area contributed by atoms with E-state index in [9.17, 15) is 18.0 Å². The minimum atomic E-state index is -4.36. The maximum Gasteiger partial charge on any atom is 0.422 e. The zero-order chi connectivity index (χ0) is 22.1. The van der Waals surface area contributed by atoms with Gasteiger partial charge in [0.25, 0.3) is 5.91 Å². The average molecular weight is 422 g/mol. The van der Waals surface area contributed by atoms with E-state index >= 15 is 0 Å². The number of nitrogens with one attached hydrogen (secondary N) is 2. The fourth-order valence-electron chi connectivity index (χ4n) is 2.48. The minimum Gasteiger partial charge on any atom is -0.484 e. The third-order valence-electron chi connectivity index (χ3n) is 4.08. The Kier molecular flexibility index (Phi) is 8.08. The zero-order valence-corrected chi connectivity index (χ0v) is 17.1. The fourth-order valence-corrected chi connectivity index (χ4v) is 2.48. The van der Waals surface area contributed by atoms with E-state index in [1.807, 2.05) is 12.1 Å². The Morgan fingerprint density at radius 2 is 1.47 bits per heavy atom. The molecule has 2 aromatic carbocycles. The summed E-state index contributed by atoms with van der Waals surface area (Å²) in [7, 11) is 5.05. The van der Waals surface area contributed by atoms with Crippen LogP contribution in [0.1, 0.15) is 21.5 Å². The van der Waals surface area contributed by atoms with Crippen molar-refractivity contribution in [3.8, 4) is 5.75 Å². The van der Waals surface area contributed by atoms with Crippen LogP contribution in [0.15, 0.2) is 53.5 Å². The summed E-state index contributed by atoms with van der Waals surface area (Å²) < 4.78 is 41.2. The van der Waals surface area contributed by atoms with E-state index in [4.69, 9.17) is 4.74 Å². The molecule has 9 heteroatoms. The first-order valence-electron chi connectivity index (χ1n) is 9.21. The van der Waals surface area contributed by atoms with Crippen LogP contribution in [0.2, 0.25) is 0 Å². The van der Waals surface area contributed by atoms with Crippen LogP contribution in [-0.4, -0.2) is 50.7 Å². The number of nitrogens with zero attached hydrogens (tertiary/aromatic N) is 2. The number of benzene rings is 2. The van der Waals surface area contributed by atoms with Gasteiger partial charge in [-0.15, -0.1) is 0 Å². The lowest BCUT2D eigenvalue weighted by atomic mass is 10.1. The largest absolute Gasteiger partial charge is 0.484 e. The SMILES string of the molecule is CN=C(NCc1ccc(OCC(F)(F)F)cc1)NCc1ccc(C(=O)N(C)C)cc1. The Hall–Kier alpha value is -3.23. The smallest absolute Gasteiger partial charge is 0.422 e. The summed E-state index contributed by atoms with van der Waals surface area (Å²) in [4.78, 5) is 17.6. The molecule has 0 atom stereocenters. The molecule has 2 aromatic rings. The highest BCUT2D eigenvalue weighted by molar-refractivity contribution is 5.93. The minimum absolute atomic E-state index is 0.0539. The van der Waals surface area contributed by atoms with Crippen molar-refractivity contribution in [1.82, 2.24) is 15.5 Å². The second-order valence-electron chi connectivity index (χ2n) is 6.72. The van der Waals surface area contributed by atoms with E-state index in [0.29, 0.717) is 24.6 Å². The highest BCUT2D eigenvalue weighted by Crippen LogP contribution is 2.18. The van der Waals surface area contributed by atoms with Gasteiger partial charge in [-0.3, -0.25) is 9.79 Å². The summed E-state index contributed by atoms with van der Waals surface area (Å²) in [5.74, 6) is 0.678. The molecule has 0 aliphatic rings. The molecule has 0 aliphatic carbocycles. The number of hydrogen-bond acceptors (Lipinski definition) is 3. The maximum atomic E-state index is 12.2. The molecule has 0 heterocycles. The first kappa shape index (κ1) is 23.1. The van der Waals surface area contributed by atoms with Crippen LogP contribution in [0.4, 0.5) is 13.2 Å². The third-order valence-corrected chi connectivity index (χ3v) is 4.08. The van der Waals surface area contributed by atoms with Crippen LogP contribution in [0.25, 0.3) is 0 Å². The Morgan fingerprint density at radius 1 is 0.967 bits per heavy atom. The van der Waals surface area contributed by atoms with Crippen molar-refractivity contribution in [2.45, 2.75) is 19.3 Å². The lowest BCUT2D eigenvalue weighted by Gasteiger charge is -2.14. The molecule has 2 N–H and O–H groups in total. The Labute approximate surface area is 173 Å². The van der Waals surface area contributed by atoms with E-state index in [2.05, 4.69) is 15.6 Å². The second kappa shape index (κ2) is 10.5. The third kappa shape index (κ3) is 7.65.